The Balaban J connectivity index is 1.78. The van der Waals surface area contributed by atoms with Crippen LogP contribution in [-0.4, -0.2) is 41.8 Å². The van der Waals surface area contributed by atoms with Crippen LogP contribution >= 0.6 is 11.6 Å². The first-order valence-electron chi connectivity index (χ1n) is 8.11. The van der Waals surface area contributed by atoms with E-state index >= 15 is 0 Å². The quantitative estimate of drug-likeness (QED) is 0.916. The standard InChI is InChI=1S/C17H22ClNO4/c1-11-13(17(20)21)4-2-5-19(11)10-12-8-14(18)16-15(9-12)22-6-3-7-23-16/h8-9,11,13H,2-7,10H2,1H3,(H,20,21)/t11-,13-/m1/s1. The molecule has 5 nitrogen and oxygen atoms in total. The minimum Gasteiger partial charge on any atom is -0.489 e. The average Bonchev–Trinajstić information content (AvgIpc) is 2.75. The monoisotopic (exact) mass is 339 g/mol. The van der Waals surface area contributed by atoms with Crippen molar-refractivity contribution < 1.29 is 19.4 Å². The van der Waals surface area contributed by atoms with Crippen LogP contribution in [-0.2, 0) is 11.3 Å². The Kier molecular flexibility index (Phi) is 4.97. The van der Waals surface area contributed by atoms with Crippen molar-refractivity contribution in [2.45, 2.75) is 38.8 Å². The smallest absolute Gasteiger partial charge is 0.308 e. The van der Waals surface area contributed by atoms with E-state index in [-0.39, 0.29) is 12.0 Å². The van der Waals surface area contributed by atoms with Crippen LogP contribution in [0.2, 0.25) is 5.02 Å². The number of carbonyl (C=O) groups is 1. The van der Waals surface area contributed by atoms with Crippen LogP contribution in [0, 0.1) is 5.92 Å². The van der Waals surface area contributed by atoms with Crippen LogP contribution in [0.1, 0.15) is 31.7 Å². The molecule has 0 aromatic heterocycles. The van der Waals surface area contributed by atoms with Gasteiger partial charge in [0.15, 0.2) is 11.5 Å². The highest BCUT2D eigenvalue weighted by atomic mass is 35.5. The molecule has 0 amide bonds. The maximum Gasteiger partial charge on any atom is 0.308 e. The number of ether oxygens (including phenoxy) is 2. The Morgan fingerprint density at radius 1 is 1.35 bits per heavy atom. The number of likely N-dealkylation sites (tertiary alicyclic amines) is 1. The molecule has 2 aliphatic rings. The fourth-order valence-electron chi connectivity index (χ4n) is 3.38. The minimum absolute atomic E-state index is 0.0102. The number of rotatable bonds is 3. The van der Waals surface area contributed by atoms with E-state index < -0.39 is 5.97 Å². The molecule has 1 N–H and O–H groups in total. The third kappa shape index (κ3) is 3.56. The maximum absolute atomic E-state index is 11.4. The van der Waals surface area contributed by atoms with Gasteiger partial charge in [0.2, 0.25) is 0 Å². The Bertz CT molecular complexity index is 592. The van der Waals surface area contributed by atoms with Crippen LogP contribution < -0.4 is 9.47 Å². The summed E-state index contributed by atoms with van der Waals surface area (Å²) in [7, 11) is 0. The Morgan fingerprint density at radius 3 is 2.91 bits per heavy atom. The molecule has 126 valence electrons. The Labute approximate surface area is 141 Å². The van der Waals surface area contributed by atoms with E-state index in [9.17, 15) is 9.90 Å². The van der Waals surface area contributed by atoms with Gasteiger partial charge in [-0.3, -0.25) is 9.69 Å². The number of benzene rings is 1. The van der Waals surface area contributed by atoms with Gasteiger partial charge in [-0.25, -0.2) is 0 Å². The molecule has 0 spiro atoms. The predicted octanol–water partition coefficient (Wildman–Crippen LogP) is 3.19. The number of carboxylic acid groups (broad SMARTS) is 1. The third-order valence-electron chi connectivity index (χ3n) is 4.68. The predicted molar refractivity (Wildman–Crippen MR) is 87.3 cm³/mol. The molecular formula is C17H22ClNO4. The van der Waals surface area contributed by atoms with Gasteiger partial charge in [-0.1, -0.05) is 11.6 Å². The summed E-state index contributed by atoms with van der Waals surface area (Å²) in [5.41, 5.74) is 1.03. The summed E-state index contributed by atoms with van der Waals surface area (Å²) in [6.07, 6.45) is 2.48. The van der Waals surface area contributed by atoms with Crippen molar-refractivity contribution in [2.75, 3.05) is 19.8 Å². The molecule has 2 heterocycles. The first-order chi connectivity index (χ1) is 11.1. The summed E-state index contributed by atoms with van der Waals surface area (Å²) in [6, 6.07) is 3.87. The van der Waals surface area contributed by atoms with E-state index in [2.05, 4.69) is 4.90 Å². The lowest BCUT2D eigenvalue weighted by Gasteiger charge is -2.37. The molecule has 0 saturated carbocycles. The van der Waals surface area contributed by atoms with E-state index in [0.717, 1.165) is 31.4 Å². The van der Waals surface area contributed by atoms with Crippen molar-refractivity contribution in [3.8, 4) is 11.5 Å². The van der Waals surface area contributed by atoms with Gasteiger partial charge in [-0.05, 0) is 44.0 Å². The van der Waals surface area contributed by atoms with E-state index in [1.807, 2.05) is 19.1 Å². The number of aliphatic carboxylic acids is 1. The van der Waals surface area contributed by atoms with Crippen molar-refractivity contribution >= 4 is 17.6 Å². The SMILES string of the molecule is C[C@@H]1[C@H](C(=O)O)CCCN1Cc1cc(Cl)c2c(c1)OCCCO2. The summed E-state index contributed by atoms with van der Waals surface area (Å²) < 4.78 is 11.4. The first-order valence-corrected chi connectivity index (χ1v) is 8.49. The summed E-state index contributed by atoms with van der Waals surface area (Å²) in [4.78, 5) is 13.6. The van der Waals surface area contributed by atoms with Crippen molar-refractivity contribution in [1.82, 2.24) is 4.90 Å². The third-order valence-corrected chi connectivity index (χ3v) is 4.96. The molecule has 1 aromatic carbocycles. The zero-order chi connectivity index (χ0) is 16.4. The topological polar surface area (TPSA) is 59.0 Å². The van der Waals surface area contributed by atoms with E-state index in [1.54, 1.807) is 0 Å². The Morgan fingerprint density at radius 2 is 2.13 bits per heavy atom. The van der Waals surface area contributed by atoms with Crippen molar-refractivity contribution in [3.05, 3.63) is 22.7 Å². The maximum atomic E-state index is 11.4. The van der Waals surface area contributed by atoms with Crippen molar-refractivity contribution in [2.24, 2.45) is 5.92 Å². The molecule has 3 rings (SSSR count). The van der Waals surface area contributed by atoms with Gasteiger partial charge >= 0.3 is 5.97 Å². The molecule has 0 unspecified atom stereocenters. The molecule has 0 aliphatic carbocycles. The van der Waals surface area contributed by atoms with Crippen LogP contribution in [0.15, 0.2) is 12.1 Å². The normalized spacial score (nSPS) is 25.0. The van der Waals surface area contributed by atoms with Gasteiger partial charge in [-0.15, -0.1) is 0 Å². The second-order valence-electron chi connectivity index (χ2n) is 6.25. The number of halogens is 1. The van der Waals surface area contributed by atoms with E-state index in [0.29, 0.717) is 36.3 Å². The zero-order valence-electron chi connectivity index (χ0n) is 13.3. The largest absolute Gasteiger partial charge is 0.489 e. The summed E-state index contributed by atoms with van der Waals surface area (Å²) in [5, 5.41) is 9.90. The van der Waals surface area contributed by atoms with Crippen molar-refractivity contribution in [1.29, 1.82) is 0 Å². The highest BCUT2D eigenvalue weighted by Gasteiger charge is 2.33. The Hall–Kier alpha value is -1.46. The molecule has 23 heavy (non-hydrogen) atoms. The number of hydrogen-bond acceptors (Lipinski definition) is 4. The molecule has 1 fully saturated rings. The lowest BCUT2D eigenvalue weighted by atomic mass is 9.90. The summed E-state index contributed by atoms with van der Waals surface area (Å²) >= 11 is 6.34. The summed E-state index contributed by atoms with van der Waals surface area (Å²) in [6.45, 7) is 4.78. The van der Waals surface area contributed by atoms with Crippen LogP contribution in [0.5, 0.6) is 11.5 Å². The van der Waals surface area contributed by atoms with E-state index in [1.165, 1.54) is 0 Å². The second kappa shape index (κ2) is 6.97. The van der Waals surface area contributed by atoms with Gasteiger partial charge in [0.25, 0.3) is 0 Å². The van der Waals surface area contributed by atoms with Crippen molar-refractivity contribution in [3.63, 3.8) is 0 Å². The van der Waals surface area contributed by atoms with Crippen LogP contribution in [0.3, 0.4) is 0 Å². The number of carboxylic acids is 1. The molecule has 2 atom stereocenters. The average molecular weight is 340 g/mol. The molecule has 0 radical (unpaired) electrons. The molecule has 1 saturated heterocycles. The number of hydrogen-bond donors (Lipinski definition) is 1. The zero-order valence-corrected chi connectivity index (χ0v) is 14.0. The number of nitrogens with zero attached hydrogens (tertiary/aromatic N) is 1. The van der Waals surface area contributed by atoms with Gasteiger partial charge in [0, 0.05) is 19.0 Å². The molecular weight excluding hydrogens is 318 g/mol. The fourth-order valence-corrected chi connectivity index (χ4v) is 3.66. The lowest BCUT2D eigenvalue weighted by Crippen LogP contribution is -2.45. The number of fused-ring (bicyclic) bond motifs is 1. The van der Waals surface area contributed by atoms with Gasteiger partial charge in [0.05, 0.1) is 24.2 Å². The number of piperidine rings is 1. The highest BCUT2D eigenvalue weighted by molar-refractivity contribution is 6.32. The molecule has 1 aromatic rings. The minimum atomic E-state index is -0.709. The highest BCUT2D eigenvalue weighted by Crippen LogP contribution is 2.38. The first kappa shape index (κ1) is 16.4. The van der Waals surface area contributed by atoms with E-state index in [4.69, 9.17) is 21.1 Å². The fraction of sp³-hybridized carbons (Fsp3) is 0.588. The lowest BCUT2D eigenvalue weighted by molar-refractivity contribution is -0.145. The van der Waals surface area contributed by atoms with Gasteiger partial charge in [0.1, 0.15) is 0 Å². The second-order valence-corrected chi connectivity index (χ2v) is 6.66. The summed E-state index contributed by atoms with van der Waals surface area (Å²) in [5.74, 6) is 0.283. The van der Waals surface area contributed by atoms with Crippen LogP contribution in [0.25, 0.3) is 0 Å². The molecule has 2 aliphatic heterocycles. The van der Waals surface area contributed by atoms with Gasteiger partial charge in [-0.2, -0.15) is 0 Å². The van der Waals surface area contributed by atoms with Crippen LogP contribution in [0.4, 0.5) is 0 Å². The molecule has 6 heteroatoms. The van der Waals surface area contributed by atoms with Gasteiger partial charge < -0.3 is 14.6 Å². The molecule has 0 bridgehead atoms.